The van der Waals surface area contributed by atoms with Gasteiger partial charge in [-0.15, -0.1) is 0 Å². The summed E-state index contributed by atoms with van der Waals surface area (Å²) in [6.07, 6.45) is 3.78. The molecule has 1 aromatic carbocycles. The molecule has 0 saturated carbocycles. The van der Waals surface area contributed by atoms with Crippen molar-refractivity contribution in [2.24, 2.45) is 18.6 Å². The monoisotopic (exact) mass is 582 g/mol. The number of benzene rings is 1. The number of fused-ring (bicyclic) bond motifs is 2. The molecule has 12 heteroatoms. The van der Waals surface area contributed by atoms with Crippen molar-refractivity contribution in [3.8, 4) is 0 Å². The van der Waals surface area contributed by atoms with Gasteiger partial charge < -0.3 is 16.0 Å². The Morgan fingerprint density at radius 2 is 1.95 bits per heavy atom. The number of hydrogen-bond acceptors (Lipinski definition) is 7. The molecule has 1 aromatic heterocycles. The SMILES string of the molecule is Cc1ccc(C(=O)NC2=CC(CN3CC4CC3CN4C)=CCC(C(F)(F)F)=C2)cc1N(N)/C=C(\N)c1cnn(C)c1C. The molecule has 2 aromatic rings. The molecular formula is C30H37F3N8O. The normalized spacial score (nSPS) is 21.6. The van der Waals surface area contributed by atoms with Crippen molar-refractivity contribution < 1.29 is 18.0 Å². The predicted octanol–water partition coefficient (Wildman–Crippen LogP) is 3.50. The molecule has 3 aliphatic rings. The minimum Gasteiger partial charge on any atom is -0.397 e. The number of alkyl halides is 3. The number of nitrogens with zero attached hydrogens (tertiary/aromatic N) is 5. The minimum atomic E-state index is -4.51. The Balaban J connectivity index is 1.36. The first-order valence-corrected chi connectivity index (χ1v) is 13.8. The number of nitrogens with two attached hydrogens (primary N) is 2. The van der Waals surface area contributed by atoms with Gasteiger partial charge in [0.25, 0.3) is 5.91 Å². The lowest BCUT2D eigenvalue weighted by Crippen LogP contribution is -2.45. The highest BCUT2D eigenvalue weighted by Crippen LogP contribution is 2.34. The number of carbonyl (C=O) groups excluding carboxylic acids is 1. The van der Waals surface area contributed by atoms with Crippen LogP contribution in [0.15, 0.2) is 65.7 Å². The number of rotatable bonds is 7. The number of nitrogens with one attached hydrogen (secondary N) is 1. The maximum Gasteiger partial charge on any atom is 0.413 e. The number of likely N-dealkylation sites (tertiary alicyclic amines) is 2. The molecule has 3 heterocycles. The Labute approximate surface area is 243 Å². The second kappa shape index (κ2) is 11.4. The Hall–Kier alpha value is -3.87. The van der Waals surface area contributed by atoms with Crippen LogP contribution in [0.4, 0.5) is 18.9 Å². The van der Waals surface area contributed by atoms with Crippen LogP contribution in [0.25, 0.3) is 5.70 Å². The highest BCUT2D eigenvalue weighted by molar-refractivity contribution is 5.97. The van der Waals surface area contributed by atoms with Crippen LogP contribution >= 0.6 is 0 Å². The molecule has 1 amide bonds. The third-order valence-electron chi connectivity index (χ3n) is 8.46. The molecular weight excluding hydrogens is 545 g/mol. The van der Waals surface area contributed by atoms with Crippen molar-refractivity contribution in [3.05, 3.63) is 88.1 Å². The van der Waals surface area contributed by atoms with Gasteiger partial charge >= 0.3 is 6.18 Å². The highest BCUT2D eigenvalue weighted by Gasteiger charge is 2.41. The van der Waals surface area contributed by atoms with E-state index in [4.69, 9.17) is 11.6 Å². The fourth-order valence-corrected chi connectivity index (χ4v) is 5.85. The van der Waals surface area contributed by atoms with Gasteiger partial charge in [0.15, 0.2) is 0 Å². The lowest BCUT2D eigenvalue weighted by Gasteiger charge is -2.32. The molecule has 1 aliphatic carbocycles. The van der Waals surface area contributed by atoms with Crippen LogP contribution in [0.1, 0.15) is 40.0 Å². The van der Waals surface area contributed by atoms with Gasteiger partial charge in [-0.3, -0.25) is 19.4 Å². The number of aromatic nitrogens is 2. The molecule has 2 atom stereocenters. The number of hydrazine groups is 1. The van der Waals surface area contributed by atoms with Gasteiger partial charge in [0, 0.05) is 73.1 Å². The number of amides is 1. The Morgan fingerprint density at radius 1 is 1.19 bits per heavy atom. The molecule has 2 bridgehead atoms. The summed E-state index contributed by atoms with van der Waals surface area (Å²) >= 11 is 0. The van der Waals surface area contributed by atoms with E-state index in [1.54, 1.807) is 47.4 Å². The number of allylic oxidation sites excluding steroid dienone is 3. The van der Waals surface area contributed by atoms with Gasteiger partial charge in [-0.25, -0.2) is 5.84 Å². The molecule has 5 N–H and O–H groups in total. The van der Waals surface area contributed by atoms with Crippen LogP contribution < -0.4 is 21.9 Å². The van der Waals surface area contributed by atoms with E-state index in [0.29, 0.717) is 30.0 Å². The topological polar surface area (TPSA) is 109 Å². The molecule has 2 fully saturated rings. The second-order valence-corrected chi connectivity index (χ2v) is 11.4. The maximum atomic E-state index is 13.8. The molecule has 5 rings (SSSR count). The number of hydrogen-bond donors (Lipinski definition) is 3. The average Bonchev–Trinajstić information content (AvgIpc) is 3.53. The lowest BCUT2D eigenvalue weighted by molar-refractivity contribution is -0.0929. The summed E-state index contributed by atoms with van der Waals surface area (Å²) in [6.45, 7) is 6.09. The van der Waals surface area contributed by atoms with Crippen molar-refractivity contribution in [1.29, 1.82) is 0 Å². The van der Waals surface area contributed by atoms with E-state index in [-0.39, 0.29) is 17.7 Å². The first-order chi connectivity index (χ1) is 19.8. The number of anilines is 1. The third-order valence-corrected chi connectivity index (χ3v) is 8.46. The summed E-state index contributed by atoms with van der Waals surface area (Å²) in [5, 5.41) is 8.22. The molecule has 9 nitrogen and oxygen atoms in total. The second-order valence-electron chi connectivity index (χ2n) is 11.4. The molecule has 42 heavy (non-hydrogen) atoms. The van der Waals surface area contributed by atoms with Crippen LogP contribution in [-0.4, -0.2) is 70.4 Å². The zero-order valence-electron chi connectivity index (χ0n) is 24.2. The largest absolute Gasteiger partial charge is 0.413 e. The van der Waals surface area contributed by atoms with Crippen LogP contribution in [0.5, 0.6) is 0 Å². The van der Waals surface area contributed by atoms with Crippen LogP contribution in [0.2, 0.25) is 0 Å². The number of aryl methyl sites for hydroxylation is 2. The average molecular weight is 583 g/mol. The van der Waals surface area contributed by atoms with Crippen molar-refractivity contribution in [1.82, 2.24) is 24.9 Å². The van der Waals surface area contributed by atoms with Gasteiger partial charge in [0.05, 0.1) is 17.6 Å². The molecule has 224 valence electrons. The van der Waals surface area contributed by atoms with E-state index in [0.717, 1.165) is 48.0 Å². The highest BCUT2D eigenvalue weighted by atomic mass is 19.4. The Morgan fingerprint density at radius 3 is 2.57 bits per heavy atom. The number of halogens is 3. The molecule has 2 aliphatic heterocycles. The molecule has 0 radical (unpaired) electrons. The van der Waals surface area contributed by atoms with E-state index in [1.807, 2.05) is 20.9 Å². The molecule has 2 saturated heterocycles. The van der Waals surface area contributed by atoms with Crippen LogP contribution in [0, 0.1) is 13.8 Å². The Bertz CT molecular complexity index is 1500. The maximum absolute atomic E-state index is 13.8. The van der Waals surface area contributed by atoms with Gasteiger partial charge in [0.2, 0.25) is 0 Å². The summed E-state index contributed by atoms with van der Waals surface area (Å²) in [6, 6.07) is 5.79. The third kappa shape index (κ3) is 6.15. The van der Waals surface area contributed by atoms with Gasteiger partial charge in [0.1, 0.15) is 0 Å². The van der Waals surface area contributed by atoms with Gasteiger partial charge in [-0.1, -0.05) is 12.1 Å². The fourth-order valence-electron chi connectivity index (χ4n) is 5.85. The van der Waals surface area contributed by atoms with E-state index >= 15 is 0 Å². The van der Waals surface area contributed by atoms with E-state index < -0.39 is 17.7 Å². The van der Waals surface area contributed by atoms with E-state index in [9.17, 15) is 18.0 Å². The van der Waals surface area contributed by atoms with Crippen molar-refractivity contribution >= 4 is 17.3 Å². The standard InChI is InChI=1S/C30H37F3N8O/c1-18-5-7-21(10-28(18)41(35)17-27(34)26-13-36-39(4)19(26)2)29(42)37-23-9-20(6-8-22(11-23)30(31,32)33)14-40-16-24-12-25(40)15-38(24)3/h5-7,9-11,13,17,24-25H,8,12,14-16,34-35H2,1-4H3,(H,37,42)/b27-17-. The first kappa shape index (κ1) is 29.6. The van der Waals surface area contributed by atoms with Crippen molar-refractivity contribution in [3.63, 3.8) is 0 Å². The summed E-state index contributed by atoms with van der Waals surface area (Å²) in [4.78, 5) is 18.0. The lowest BCUT2D eigenvalue weighted by atomic mass is 10.1. The van der Waals surface area contributed by atoms with E-state index in [1.165, 1.54) is 5.01 Å². The zero-order chi connectivity index (χ0) is 30.3. The van der Waals surface area contributed by atoms with Crippen LogP contribution in [-0.2, 0) is 7.05 Å². The quantitative estimate of drug-likeness (QED) is 0.339. The van der Waals surface area contributed by atoms with Crippen LogP contribution in [0.3, 0.4) is 0 Å². The van der Waals surface area contributed by atoms with E-state index in [2.05, 4.69) is 27.3 Å². The Kier molecular flexibility index (Phi) is 8.06. The number of carbonyl (C=O) groups is 1. The first-order valence-electron chi connectivity index (χ1n) is 13.8. The number of piperazine rings is 1. The fraction of sp³-hybridized carbons (Fsp3) is 0.400. The molecule has 2 unspecified atom stereocenters. The zero-order valence-corrected chi connectivity index (χ0v) is 24.2. The van der Waals surface area contributed by atoms with Crippen molar-refractivity contribution in [2.75, 3.05) is 31.7 Å². The molecule has 0 spiro atoms. The van der Waals surface area contributed by atoms with Gasteiger partial charge in [-0.05, 0) is 69.2 Å². The summed E-state index contributed by atoms with van der Waals surface area (Å²) in [5.74, 6) is 5.77. The smallest absolute Gasteiger partial charge is 0.397 e. The summed E-state index contributed by atoms with van der Waals surface area (Å²) in [7, 11) is 3.91. The van der Waals surface area contributed by atoms with Gasteiger partial charge in [-0.2, -0.15) is 18.3 Å². The minimum absolute atomic E-state index is 0.0977. The number of likely N-dealkylation sites (N-methyl/N-ethyl adjacent to an activating group) is 1. The van der Waals surface area contributed by atoms with Crippen molar-refractivity contribution in [2.45, 2.75) is 44.9 Å². The predicted molar refractivity (Wildman–Crippen MR) is 157 cm³/mol. The summed E-state index contributed by atoms with van der Waals surface area (Å²) in [5.41, 5.74) is 9.93. The summed E-state index contributed by atoms with van der Waals surface area (Å²) < 4.78 is 43.1.